The molecular weight excluding hydrogens is 312 g/mol. The molecule has 0 saturated carbocycles. The molecule has 1 atom stereocenters. The Labute approximate surface area is 141 Å². The van der Waals surface area contributed by atoms with Gasteiger partial charge in [-0.1, -0.05) is 37.6 Å². The summed E-state index contributed by atoms with van der Waals surface area (Å²) >= 11 is 6.05. The zero-order chi connectivity index (χ0) is 17.0. The molecule has 0 fully saturated rings. The van der Waals surface area contributed by atoms with Gasteiger partial charge in [0.25, 0.3) is 0 Å². The van der Waals surface area contributed by atoms with Crippen molar-refractivity contribution in [3.63, 3.8) is 0 Å². The van der Waals surface area contributed by atoms with Crippen LogP contribution in [0.2, 0.25) is 5.02 Å². The van der Waals surface area contributed by atoms with Crippen molar-refractivity contribution < 1.29 is 9.53 Å². The molecule has 1 amide bonds. The second-order valence-corrected chi connectivity index (χ2v) is 6.16. The van der Waals surface area contributed by atoms with E-state index >= 15 is 0 Å². The van der Waals surface area contributed by atoms with Gasteiger partial charge >= 0.3 is 0 Å². The number of amides is 1. The Bertz CT molecular complexity index is 701. The van der Waals surface area contributed by atoms with Crippen molar-refractivity contribution in [3.8, 4) is 5.75 Å². The van der Waals surface area contributed by atoms with Gasteiger partial charge in [-0.05, 0) is 41.8 Å². The molecule has 2 aromatic rings. The molecule has 1 unspecified atom stereocenters. The highest BCUT2D eigenvalue weighted by Gasteiger charge is 2.24. The van der Waals surface area contributed by atoms with Crippen molar-refractivity contribution in [1.82, 2.24) is 0 Å². The minimum absolute atomic E-state index is 0.0909. The van der Waals surface area contributed by atoms with Gasteiger partial charge in [0.15, 0.2) is 0 Å². The number of nitrogens with two attached hydrogens (primary N) is 1. The monoisotopic (exact) mass is 332 g/mol. The number of rotatable bonds is 5. The molecule has 0 saturated heterocycles. The van der Waals surface area contributed by atoms with Gasteiger partial charge in [-0.15, -0.1) is 0 Å². The van der Waals surface area contributed by atoms with Crippen LogP contribution in [0.3, 0.4) is 0 Å². The van der Waals surface area contributed by atoms with Crippen LogP contribution in [0.1, 0.15) is 25.3 Å². The molecule has 122 valence electrons. The fraction of sp³-hybridized carbons (Fsp3) is 0.278. The van der Waals surface area contributed by atoms with Crippen LogP contribution >= 0.6 is 11.6 Å². The number of nitrogen functional groups attached to an aromatic ring is 1. The van der Waals surface area contributed by atoms with Gasteiger partial charge in [-0.25, -0.2) is 0 Å². The average Bonchev–Trinajstić information content (AvgIpc) is 2.47. The Morgan fingerprint density at radius 2 is 1.96 bits per heavy atom. The number of hydrogen-bond acceptors (Lipinski definition) is 3. The van der Waals surface area contributed by atoms with Crippen molar-refractivity contribution in [3.05, 3.63) is 53.1 Å². The molecule has 2 aromatic carbocycles. The highest BCUT2D eigenvalue weighted by molar-refractivity contribution is 6.30. The lowest BCUT2D eigenvalue weighted by Gasteiger charge is -2.21. The lowest BCUT2D eigenvalue weighted by Crippen LogP contribution is -2.25. The van der Waals surface area contributed by atoms with Gasteiger partial charge in [0.1, 0.15) is 5.75 Å². The summed E-state index contributed by atoms with van der Waals surface area (Å²) in [5.41, 5.74) is 7.90. The quantitative estimate of drug-likeness (QED) is 0.802. The first-order valence-electron chi connectivity index (χ1n) is 7.42. The second-order valence-electron chi connectivity index (χ2n) is 5.72. The van der Waals surface area contributed by atoms with Crippen LogP contribution in [0.15, 0.2) is 42.5 Å². The number of anilines is 2. The van der Waals surface area contributed by atoms with Crippen molar-refractivity contribution in [2.24, 2.45) is 5.92 Å². The largest absolute Gasteiger partial charge is 0.495 e. The molecule has 0 spiro atoms. The zero-order valence-electron chi connectivity index (χ0n) is 13.5. The summed E-state index contributed by atoms with van der Waals surface area (Å²) in [4.78, 5) is 12.7. The van der Waals surface area contributed by atoms with E-state index in [1.807, 2.05) is 32.0 Å². The summed E-state index contributed by atoms with van der Waals surface area (Å²) in [7, 11) is 1.55. The van der Waals surface area contributed by atoms with Gasteiger partial charge in [0.2, 0.25) is 5.91 Å². The lowest BCUT2D eigenvalue weighted by atomic mass is 9.87. The van der Waals surface area contributed by atoms with E-state index in [2.05, 4.69) is 5.32 Å². The van der Waals surface area contributed by atoms with E-state index in [1.54, 1.807) is 31.4 Å². The number of carbonyl (C=O) groups is 1. The van der Waals surface area contributed by atoms with Crippen LogP contribution in [0.4, 0.5) is 11.4 Å². The number of methoxy groups -OCH3 is 1. The number of nitrogens with one attached hydrogen (secondary N) is 1. The highest BCUT2D eigenvalue weighted by Crippen LogP contribution is 2.29. The molecular formula is C18H21ClN2O2. The third-order valence-corrected chi connectivity index (χ3v) is 3.89. The first-order chi connectivity index (χ1) is 10.9. The molecule has 0 radical (unpaired) electrons. The Balaban J connectivity index is 2.24. The zero-order valence-corrected chi connectivity index (χ0v) is 14.2. The van der Waals surface area contributed by atoms with Crippen molar-refractivity contribution in [1.29, 1.82) is 0 Å². The Morgan fingerprint density at radius 3 is 2.52 bits per heavy atom. The summed E-state index contributed by atoms with van der Waals surface area (Å²) in [6.45, 7) is 4.01. The number of hydrogen-bond donors (Lipinski definition) is 2. The predicted molar refractivity (Wildman–Crippen MR) is 95.1 cm³/mol. The summed E-state index contributed by atoms with van der Waals surface area (Å²) < 4.78 is 5.12. The van der Waals surface area contributed by atoms with E-state index < -0.39 is 0 Å². The third-order valence-electron chi connectivity index (χ3n) is 3.65. The van der Waals surface area contributed by atoms with Gasteiger partial charge in [-0.3, -0.25) is 4.79 Å². The minimum Gasteiger partial charge on any atom is -0.495 e. The Morgan fingerprint density at radius 1 is 1.22 bits per heavy atom. The highest BCUT2D eigenvalue weighted by atomic mass is 35.5. The van der Waals surface area contributed by atoms with Crippen LogP contribution in [-0.2, 0) is 4.79 Å². The standard InChI is InChI=1S/C18H21ClN2O2/c1-11(2)17(12-5-4-6-13(19)9-12)18(22)21-14-7-8-16(23-3)15(20)10-14/h4-11,17H,20H2,1-3H3,(H,21,22). The van der Waals surface area contributed by atoms with Crippen molar-refractivity contribution >= 4 is 28.9 Å². The second kappa shape index (κ2) is 7.38. The van der Waals surface area contributed by atoms with E-state index in [0.717, 1.165) is 5.56 Å². The first kappa shape index (κ1) is 17.2. The fourth-order valence-corrected chi connectivity index (χ4v) is 2.77. The number of halogens is 1. The predicted octanol–water partition coefficient (Wildman–Crippen LogP) is 4.31. The third kappa shape index (κ3) is 4.17. The van der Waals surface area contributed by atoms with Crippen LogP contribution < -0.4 is 15.8 Å². The maximum Gasteiger partial charge on any atom is 0.232 e. The van der Waals surface area contributed by atoms with Crippen LogP contribution in [0.5, 0.6) is 5.75 Å². The number of benzene rings is 2. The summed E-state index contributed by atoms with van der Waals surface area (Å²) in [6, 6.07) is 12.6. The van der Waals surface area contributed by atoms with Crippen molar-refractivity contribution in [2.75, 3.05) is 18.2 Å². The fourth-order valence-electron chi connectivity index (χ4n) is 2.57. The normalized spacial score (nSPS) is 12.0. The molecule has 2 rings (SSSR count). The maximum atomic E-state index is 12.7. The Hall–Kier alpha value is -2.20. The van der Waals surface area contributed by atoms with Gasteiger partial charge in [0, 0.05) is 10.7 Å². The van der Waals surface area contributed by atoms with E-state index in [4.69, 9.17) is 22.1 Å². The Kier molecular flexibility index (Phi) is 5.50. The SMILES string of the molecule is COc1ccc(NC(=O)C(c2cccc(Cl)c2)C(C)C)cc1N. The van der Waals surface area contributed by atoms with Crippen LogP contribution in [0.25, 0.3) is 0 Å². The van der Waals surface area contributed by atoms with E-state index in [9.17, 15) is 4.79 Å². The molecule has 5 heteroatoms. The molecule has 0 aliphatic heterocycles. The topological polar surface area (TPSA) is 64.3 Å². The molecule has 0 aliphatic carbocycles. The maximum absolute atomic E-state index is 12.7. The summed E-state index contributed by atoms with van der Waals surface area (Å²) in [6.07, 6.45) is 0. The van der Waals surface area contributed by atoms with Crippen molar-refractivity contribution in [2.45, 2.75) is 19.8 Å². The van der Waals surface area contributed by atoms with E-state index in [0.29, 0.717) is 22.1 Å². The molecule has 23 heavy (non-hydrogen) atoms. The summed E-state index contributed by atoms with van der Waals surface area (Å²) in [5, 5.41) is 3.54. The lowest BCUT2D eigenvalue weighted by molar-refractivity contribution is -0.118. The minimum atomic E-state index is -0.294. The molecule has 4 nitrogen and oxygen atoms in total. The van der Waals surface area contributed by atoms with Gasteiger partial charge < -0.3 is 15.8 Å². The van der Waals surface area contributed by atoms with Crippen LogP contribution in [0, 0.1) is 5.92 Å². The molecule has 3 N–H and O–H groups in total. The van der Waals surface area contributed by atoms with Gasteiger partial charge in [-0.2, -0.15) is 0 Å². The average molecular weight is 333 g/mol. The van der Waals surface area contributed by atoms with Gasteiger partial charge in [0.05, 0.1) is 18.7 Å². The summed E-state index contributed by atoms with van der Waals surface area (Å²) in [5.74, 6) is 0.325. The smallest absolute Gasteiger partial charge is 0.232 e. The first-order valence-corrected chi connectivity index (χ1v) is 7.80. The number of carbonyl (C=O) groups excluding carboxylic acids is 1. The molecule has 0 aromatic heterocycles. The van der Waals surface area contributed by atoms with E-state index in [1.165, 1.54) is 0 Å². The molecule has 0 bridgehead atoms. The molecule has 0 heterocycles. The number of ether oxygens (including phenoxy) is 1. The molecule has 0 aliphatic rings. The van der Waals surface area contributed by atoms with E-state index in [-0.39, 0.29) is 17.7 Å². The van der Waals surface area contributed by atoms with Crippen LogP contribution in [-0.4, -0.2) is 13.0 Å².